The fourth-order valence-electron chi connectivity index (χ4n) is 1.83. The van der Waals surface area contributed by atoms with E-state index < -0.39 is 5.91 Å². The molecule has 0 aliphatic carbocycles. The summed E-state index contributed by atoms with van der Waals surface area (Å²) in [5.41, 5.74) is 3.35. The molecule has 2 amide bonds. The lowest BCUT2D eigenvalue weighted by atomic mass is 10.2. The van der Waals surface area contributed by atoms with Crippen molar-refractivity contribution in [1.82, 2.24) is 5.43 Å². The summed E-state index contributed by atoms with van der Waals surface area (Å²) in [6, 6.07) is 13.5. The first-order valence-corrected chi connectivity index (χ1v) is 7.58. The first kappa shape index (κ1) is 17.5. The van der Waals surface area contributed by atoms with Crippen molar-refractivity contribution in [2.24, 2.45) is 5.10 Å². The van der Waals surface area contributed by atoms with Gasteiger partial charge in [-0.05, 0) is 30.3 Å². The standard InChI is InChI=1S/C17H16ClN3O3/c18-13-6-7-15(22)12(10-13)11-19-21-17(24)9-8-16(23)20-14-4-2-1-3-5-14/h1-7,10-11,22H,8-9H2,(H,20,23)(H,21,24). The number of halogens is 1. The number of nitrogens with one attached hydrogen (secondary N) is 2. The largest absolute Gasteiger partial charge is 0.507 e. The number of benzene rings is 2. The highest BCUT2D eigenvalue weighted by atomic mass is 35.5. The van der Waals surface area contributed by atoms with Crippen molar-refractivity contribution in [3.8, 4) is 5.75 Å². The summed E-state index contributed by atoms with van der Waals surface area (Å²) in [7, 11) is 0. The lowest BCUT2D eigenvalue weighted by Crippen LogP contribution is -2.20. The lowest BCUT2D eigenvalue weighted by Gasteiger charge is -2.04. The number of phenols is 1. The molecule has 0 atom stereocenters. The zero-order chi connectivity index (χ0) is 17.4. The van der Waals surface area contributed by atoms with Crippen LogP contribution in [0.3, 0.4) is 0 Å². The van der Waals surface area contributed by atoms with Gasteiger partial charge < -0.3 is 10.4 Å². The third-order valence-electron chi connectivity index (χ3n) is 3.02. The summed E-state index contributed by atoms with van der Waals surface area (Å²) >= 11 is 5.80. The van der Waals surface area contributed by atoms with Gasteiger partial charge in [0.15, 0.2) is 0 Å². The summed E-state index contributed by atoms with van der Waals surface area (Å²) in [6.45, 7) is 0. The summed E-state index contributed by atoms with van der Waals surface area (Å²) in [4.78, 5) is 23.4. The molecule has 7 heteroatoms. The van der Waals surface area contributed by atoms with E-state index in [4.69, 9.17) is 11.6 Å². The molecular weight excluding hydrogens is 330 g/mol. The molecule has 0 radical (unpaired) electrons. The van der Waals surface area contributed by atoms with Gasteiger partial charge in [-0.25, -0.2) is 5.43 Å². The number of nitrogens with zero attached hydrogens (tertiary/aromatic N) is 1. The average molecular weight is 346 g/mol. The topological polar surface area (TPSA) is 90.8 Å². The number of carbonyl (C=O) groups excluding carboxylic acids is 2. The maximum Gasteiger partial charge on any atom is 0.240 e. The van der Waals surface area contributed by atoms with E-state index in [1.165, 1.54) is 24.4 Å². The molecule has 0 aliphatic heterocycles. The molecule has 6 nitrogen and oxygen atoms in total. The van der Waals surface area contributed by atoms with E-state index in [2.05, 4.69) is 15.8 Å². The second-order valence-corrected chi connectivity index (χ2v) is 5.35. The Bertz CT molecular complexity index is 748. The molecule has 0 heterocycles. The highest BCUT2D eigenvalue weighted by Crippen LogP contribution is 2.19. The molecular formula is C17H16ClN3O3. The Balaban J connectivity index is 1.76. The number of rotatable bonds is 6. The van der Waals surface area contributed by atoms with E-state index in [0.717, 1.165) is 0 Å². The van der Waals surface area contributed by atoms with Crippen LogP contribution in [0.25, 0.3) is 0 Å². The number of amides is 2. The van der Waals surface area contributed by atoms with Gasteiger partial charge in [0, 0.05) is 29.1 Å². The molecule has 0 unspecified atom stereocenters. The van der Waals surface area contributed by atoms with Crippen LogP contribution >= 0.6 is 11.6 Å². The molecule has 3 N–H and O–H groups in total. The van der Waals surface area contributed by atoms with E-state index >= 15 is 0 Å². The van der Waals surface area contributed by atoms with Gasteiger partial charge in [-0.15, -0.1) is 0 Å². The van der Waals surface area contributed by atoms with Gasteiger partial charge in [0.2, 0.25) is 11.8 Å². The quantitative estimate of drug-likeness (QED) is 0.555. The number of aromatic hydroxyl groups is 1. The molecule has 2 aromatic rings. The van der Waals surface area contributed by atoms with Crippen molar-refractivity contribution in [2.45, 2.75) is 12.8 Å². The summed E-state index contributed by atoms with van der Waals surface area (Å²) in [5.74, 6) is -0.663. The Morgan fingerprint density at radius 2 is 1.79 bits per heavy atom. The predicted octanol–water partition coefficient (Wildman–Crippen LogP) is 2.91. The second-order valence-electron chi connectivity index (χ2n) is 4.91. The minimum absolute atomic E-state index is 0.000335. The normalized spacial score (nSPS) is 10.5. The molecule has 0 aromatic heterocycles. The first-order chi connectivity index (χ1) is 11.5. The van der Waals surface area contributed by atoms with Gasteiger partial charge in [-0.2, -0.15) is 5.10 Å². The van der Waals surface area contributed by atoms with Crippen molar-refractivity contribution in [1.29, 1.82) is 0 Å². The monoisotopic (exact) mass is 345 g/mol. The van der Waals surface area contributed by atoms with Crippen molar-refractivity contribution >= 4 is 35.3 Å². The second kappa shape index (κ2) is 8.69. The lowest BCUT2D eigenvalue weighted by molar-refractivity contribution is -0.124. The maximum atomic E-state index is 11.7. The number of para-hydroxylation sites is 1. The van der Waals surface area contributed by atoms with Crippen LogP contribution in [0, 0.1) is 0 Å². The molecule has 2 aromatic carbocycles. The van der Waals surface area contributed by atoms with Crippen LogP contribution in [0.2, 0.25) is 5.02 Å². The van der Waals surface area contributed by atoms with Gasteiger partial charge in [0.1, 0.15) is 5.75 Å². The van der Waals surface area contributed by atoms with E-state index in [-0.39, 0.29) is 24.5 Å². The molecule has 0 aliphatic rings. The molecule has 2 rings (SSSR count). The number of anilines is 1. The minimum Gasteiger partial charge on any atom is -0.507 e. The molecule has 0 spiro atoms. The predicted molar refractivity (Wildman–Crippen MR) is 93.2 cm³/mol. The number of hydrogen-bond donors (Lipinski definition) is 3. The first-order valence-electron chi connectivity index (χ1n) is 7.20. The van der Waals surface area contributed by atoms with Crippen molar-refractivity contribution in [3.63, 3.8) is 0 Å². The Morgan fingerprint density at radius 1 is 1.08 bits per heavy atom. The van der Waals surface area contributed by atoms with Crippen molar-refractivity contribution in [3.05, 3.63) is 59.1 Å². The van der Waals surface area contributed by atoms with Crippen molar-refractivity contribution < 1.29 is 14.7 Å². The van der Waals surface area contributed by atoms with Gasteiger partial charge in [0.05, 0.1) is 6.21 Å². The fourth-order valence-corrected chi connectivity index (χ4v) is 2.01. The molecule has 0 bridgehead atoms. The smallest absolute Gasteiger partial charge is 0.240 e. The Kier molecular flexibility index (Phi) is 6.33. The number of hydrogen-bond acceptors (Lipinski definition) is 4. The molecule has 124 valence electrons. The maximum absolute atomic E-state index is 11.7. The summed E-state index contributed by atoms with van der Waals surface area (Å²) < 4.78 is 0. The third kappa shape index (κ3) is 5.73. The third-order valence-corrected chi connectivity index (χ3v) is 3.25. The van der Waals surface area contributed by atoms with E-state index in [1.807, 2.05) is 18.2 Å². The SMILES string of the molecule is O=C(CCC(=O)Nc1ccccc1)NN=Cc1cc(Cl)ccc1O. The minimum atomic E-state index is -0.407. The zero-order valence-electron chi connectivity index (χ0n) is 12.7. The van der Waals surface area contributed by atoms with E-state index in [1.54, 1.807) is 12.1 Å². The number of hydrazone groups is 1. The van der Waals surface area contributed by atoms with Crippen LogP contribution in [0.15, 0.2) is 53.6 Å². The Morgan fingerprint density at radius 3 is 2.54 bits per heavy atom. The highest BCUT2D eigenvalue weighted by molar-refractivity contribution is 6.30. The van der Waals surface area contributed by atoms with Crippen LogP contribution < -0.4 is 10.7 Å². The van der Waals surface area contributed by atoms with E-state index in [0.29, 0.717) is 16.3 Å². The zero-order valence-corrected chi connectivity index (χ0v) is 13.5. The van der Waals surface area contributed by atoms with Crippen LogP contribution in [0.4, 0.5) is 5.69 Å². The van der Waals surface area contributed by atoms with Gasteiger partial charge in [-0.3, -0.25) is 9.59 Å². The van der Waals surface area contributed by atoms with Crippen LogP contribution in [0.5, 0.6) is 5.75 Å². The molecule has 0 saturated heterocycles. The van der Waals surface area contributed by atoms with Crippen molar-refractivity contribution in [2.75, 3.05) is 5.32 Å². The Labute approximate surface area is 144 Å². The average Bonchev–Trinajstić information content (AvgIpc) is 2.57. The van der Waals surface area contributed by atoms with Gasteiger partial charge >= 0.3 is 0 Å². The van der Waals surface area contributed by atoms with E-state index in [9.17, 15) is 14.7 Å². The summed E-state index contributed by atoms with van der Waals surface area (Å²) in [5, 5.41) is 16.5. The van der Waals surface area contributed by atoms with Gasteiger partial charge in [0.25, 0.3) is 0 Å². The molecule has 0 saturated carbocycles. The van der Waals surface area contributed by atoms with Crippen LogP contribution in [-0.4, -0.2) is 23.1 Å². The van der Waals surface area contributed by atoms with Crippen LogP contribution in [-0.2, 0) is 9.59 Å². The van der Waals surface area contributed by atoms with Crippen LogP contribution in [0.1, 0.15) is 18.4 Å². The molecule has 0 fully saturated rings. The fraction of sp³-hybridized carbons (Fsp3) is 0.118. The number of carbonyl (C=O) groups is 2. The highest BCUT2D eigenvalue weighted by Gasteiger charge is 2.06. The Hall–Kier alpha value is -2.86. The number of phenolic OH excluding ortho intramolecular Hbond substituents is 1. The summed E-state index contributed by atoms with van der Waals surface area (Å²) in [6.07, 6.45) is 1.32. The molecule has 24 heavy (non-hydrogen) atoms. The van der Waals surface area contributed by atoms with Gasteiger partial charge in [-0.1, -0.05) is 29.8 Å².